The van der Waals surface area contributed by atoms with Crippen LogP contribution >= 0.6 is 11.8 Å². The average Bonchev–Trinajstić information content (AvgIpc) is 3.41. The van der Waals surface area contributed by atoms with Crippen molar-refractivity contribution in [3.05, 3.63) is 71.8 Å². The fourth-order valence-corrected chi connectivity index (χ4v) is 4.90. The molecule has 0 aliphatic carbocycles. The minimum atomic E-state index is -1.65. The maximum Gasteiger partial charge on any atom is 0.410 e. The fraction of sp³-hybridized carbons (Fsp3) is 0.346. The van der Waals surface area contributed by atoms with Gasteiger partial charge in [-0.25, -0.2) is 9.59 Å². The number of carboxylic acids is 1. The van der Waals surface area contributed by atoms with E-state index in [-0.39, 0.29) is 24.7 Å². The number of carbonyl (C=O) groups excluding carboxylic acids is 4. The zero-order chi connectivity index (χ0) is 26.9. The highest BCUT2D eigenvalue weighted by atomic mass is 32.2. The molecule has 2 N–H and O–H groups in total. The van der Waals surface area contributed by atoms with Crippen molar-refractivity contribution in [1.29, 1.82) is 0 Å². The van der Waals surface area contributed by atoms with Gasteiger partial charge in [-0.2, -0.15) is 0 Å². The van der Waals surface area contributed by atoms with Crippen LogP contribution in [0.1, 0.15) is 18.1 Å². The predicted octanol–water partition coefficient (Wildman–Crippen LogP) is 1.93. The first-order chi connectivity index (χ1) is 17.7. The lowest BCUT2D eigenvalue weighted by molar-refractivity contribution is -0.150. The Morgan fingerprint density at radius 3 is 2.24 bits per heavy atom. The highest BCUT2D eigenvalue weighted by molar-refractivity contribution is 7.99. The standard InChI is InChI=1S/C26H29N3O7S/c1-17(28(2)26(35)36-14-19-11-7-4-8-12-19)24(32)29-16-37-15-21(29)23(31)27-20(22(30)25(33)34)13-18-9-5-3-6-10-18/h3-12,17,20-21H,13-16H2,1-2H3,(H,27,31)(H,33,34)/t17-,20-,21-/m0/s1. The summed E-state index contributed by atoms with van der Waals surface area (Å²) < 4.78 is 5.29. The van der Waals surface area contributed by atoms with Gasteiger partial charge in [0.15, 0.2) is 0 Å². The molecule has 1 aliphatic rings. The Labute approximate surface area is 218 Å². The predicted molar refractivity (Wildman–Crippen MR) is 137 cm³/mol. The molecule has 0 aromatic heterocycles. The van der Waals surface area contributed by atoms with Crippen LogP contribution in [0.5, 0.6) is 0 Å². The highest BCUT2D eigenvalue weighted by Crippen LogP contribution is 2.23. The van der Waals surface area contributed by atoms with Gasteiger partial charge in [0.2, 0.25) is 11.8 Å². The van der Waals surface area contributed by atoms with Crippen LogP contribution in [0.4, 0.5) is 4.79 Å². The number of thioether (sulfide) groups is 1. The Hall–Kier alpha value is -3.86. The average molecular weight is 528 g/mol. The molecule has 11 heteroatoms. The molecule has 1 saturated heterocycles. The van der Waals surface area contributed by atoms with Crippen LogP contribution in [0.15, 0.2) is 60.7 Å². The maximum absolute atomic E-state index is 13.2. The second-order valence-electron chi connectivity index (χ2n) is 8.57. The smallest absolute Gasteiger partial charge is 0.410 e. The van der Waals surface area contributed by atoms with Crippen LogP contribution in [0, 0.1) is 0 Å². The number of hydrogen-bond donors (Lipinski definition) is 2. The summed E-state index contributed by atoms with van der Waals surface area (Å²) in [6.07, 6.45) is -0.690. The van der Waals surface area contributed by atoms with E-state index >= 15 is 0 Å². The van der Waals surface area contributed by atoms with Gasteiger partial charge >= 0.3 is 12.1 Å². The number of ether oxygens (including phenoxy) is 1. The molecule has 10 nitrogen and oxygen atoms in total. The van der Waals surface area contributed by atoms with Crippen molar-refractivity contribution < 1.29 is 33.8 Å². The number of nitrogens with one attached hydrogen (secondary N) is 1. The Morgan fingerprint density at radius 2 is 1.65 bits per heavy atom. The van der Waals surface area contributed by atoms with E-state index in [9.17, 15) is 29.1 Å². The zero-order valence-electron chi connectivity index (χ0n) is 20.5. The lowest BCUT2D eigenvalue weighted by Gasteiger charge is -2.30. The van der Waals surface area contributed by atoms with E-state index in [2.05, 4.69) is 5.32 Å². The summed E-state index contributed by atoms with van der Waals surface area (Å²) in [4.78, 5) is 65.0. The van der Waals surface area contributed by atoms with E-state index in [0.717, 1.165) is 10.5 Å². The molecule has 0 radical (unpaired) electrons. The minimum absolute atomic E-state index is 0.00207. The molecular weight excluding hydrogens is 498 g/mol. The molecule has 0 bridgehead atoms. The number of amides is 3. The molecule has 0 spiro atoms. The van der Waals surface area contributed by atoms with Crippen LogP contribution in [0.3, 0.4) is 0 Å². The Bertz CT molecular complexity index is 1130. The van der Waals surface area contributed by atoms with Gasteiger partial charge in [0, 0.05) is 19.2 Å². The molecule has 1 heterocycles. The van der Waals surface area contributed by atoms with Crippen LogP contribution in [-0.2, 0) is 36.9 Å². The normalized spacial score (nSPS) is 16.4. The number of hydrogen-bond acceptors (Lipinski definition) is 7. The van der Waals surface area contributed by atoms with E-state index in [1.54, 1.807) is 30.3 Å². The SMILES string of the molecule is C[C@@H](C(=O)N1CSC[C@H]1C(=O)N[C@@H](Cc1ccccc1)C(=O)C(=O)O)N(C)C(=O)OCc1ccccc1. The molecule has 2 aromatic rings. The lowest BCUT2D eigenvalue weighted by atomic mass is 10.0. The summed E-state index contributed by atoms with van der Waals surface area (Å²) in [5, 5.41) is 11.8. The van der Waals surface area contributed by atoms with Gasteiger partial charge in [-0.05, 0) is 18.1 Å². The van der Waals surface area contributed by atoms with E-state index in [1.165, 1.54) is 30.6 Å². The molecule has 3 rings (SSSR count). The van der Waals surface area contributed by atoms with Crippen molar-refractivity contribution in [3.63, 3.8) is 0 Å². The van der Waals surface area contributed by atoms with Crippen molar-refractivity contribution in [2.75, 3.05) is 18.7 Å². The van der Waals surface area contributed by atoms with Gasteiger partial charge in [-0.1, -0.05) is 60.7 Å². The number of carboxylic acid groups (broad SMARTS) is 1. The summed E-state index contributed by atoms with van der Waals surface area (Å²) in [5.74, 6) is -3.41. The van der Waals surface area contributed by atoms with Crippen molar-refractivity contribution in [1.82, 2.24) is 15.1 Å². The molecule has 0 unspecified atom stereocenters. The van der Waals surface area contributed by atoms with Gasteiger partial charge in [-0.15, -0.1) is 11.8 Å². The van der Waals surface area contributed by atoms with Gasteiger partial charge in [0.05, 0.1) is 5.88 Å². The van der Waals surface area contributed by atoms with E-state index in [1.807, 2.05) is 30.3 Å². The summed E-state index contributed by atoms with van der Waals surface area (Å²) in [6.45, 7) is 1.59. The second kappa shape index (κ2) is 12.9. The number of Topliss-reactive ketones (excluding diaryl/α,β-unsaturated/α-hetero) is 1. The molecule has 196 valence electrons. The van der Waals surface area contributed by atoms with Crippen molar-refractivity contribution in [2.45, 2.75) is 38.1 Å². The van der Waals surface area contributed by atoms with Crippen molar-refractivity contribution >= 4 is 41.4 Å². The molecule has 2 aromatic carbocycles. The molecule has 3 amide bonds. The summed E-state index contributed by atoms with van der Waals surface area (Å²) in [6, 6.07) is 14.7. The van der Waals surface area contributed by atoms with Crippen molar-refractivity contribution in [3.8, 4) is 0 Å². The zero-order valence-corrected chi connectivity index (χ0v) is 21.3. The third kappa shape index (κ3) is 7.32. The topological polar surface area (TPSA) is 133 Å². The summed E-state index contributed by atoms with van der Waals surface area (Å²) in [5.41, 5.74) is 1.48. The Morgan fingerprint density at radius 1 is 1.05 bits per heavy atom. The number of rotatable bonds is 10. The minimum Gasteiger partial charge on any atom is -0.475 e. The lowest BCUT2D eigenvalue weighted by Crippen LogP contribution is -2.56. The molecule has 1 fully saturated rings. The summed E-state index contributed by atoms with van der Waals surface area (Å²) >= 11 is 1.35. The van der Waals surface area contributed by atoms with E-state index in [4.69, 9.17) is 4.74 Å². The number of benzene rings is 2. The number of nitrogens with zero attached hydrogens (tertiary/aromatic N) is 2. The van der Waals surface area contributed by atoms with Gasteiger partial charge in [0.1, 0.15) is 24.7 Å². The third-order valence-electron chi connectivity index (χ3n) is 6.03. The molecule has 0 saturated carbocycles. The quantitative estimate of drug-likeness (QED) is 0.448. The maximum atomic E-state index is 13.2. The largest absolute Gasteiger partial charge is 0.475 e. The number of ketones is 1. The fourth-order valence-electron chi connectivity index (χ4n) is 3.74. The first-order valence-electron chi connectivity index (χ1n) is 11.6. The van der Waals surface area contributed by atoms with Crippen LogP contribution < -0.4 is 5.32 Å². The Balaban J connectivity index is 1.64. The first-order valence-corrected chi connectivity index (χ1v) is 12.8. The van der Waals surface area contributed by atoms with Crippen molar-refractivity contribution in [2.24, 2.45) is 0 Å². The first kappa shape index (κ1) is 27.7. The van der Waals surface area contributed by atoms with Crippen LogP contribution in [0.2, 0.25) is 0 Å². The van der Waals surface area contributed by atoms with Crippen LogP contribution in [0.25, 0.3) is 0 Å². The summed E-state index contributed by atoms with van der Waals surface area (Å²) in [7, 11) is 1.44. The number of aliphatic carboxylic acids is 1. The molecular formula is C26H29N3O7S. The molecule has 1 aliphatic heterocycles. The monoisotopic (exact) mass is 527 g/mol. The Kier molecular flexibility index (Phi) is 9.67. The van der Waals surface area contributed by atoms with E-state index in [0.29, 0.717) is 5.56 Å². The second-order valence-corrected chi connectivity index (χ2v) is 9.57. The van der Waals surface area contributed by atoms with Gasteiger partial charge < -0.3 is 20.1 Å². The van der Waals surface area contributed by atoms with Gasteiger partial charge in [-0.3, -0.25) is 19.3 Å². The van der Waals surface area contributed by atoms with Gasteiger partial charge in [0.25, 0.3) is 5.78 Å². The third-order valence-corrected chi connectivity index (χ3v) is 7.04. The molecule has 3 atom stereocenters. The number of carbonyl (C=O) groups is 5. The highest BCUT2D eigenvalue weighted by Gasteiger charge is 2.40. The van der Waals surface area contributed by atoms with Crippen LogP contribution in [-0.4, -0.2) is 81.4 Å². The van der Waals surface area contributed by atoms with E-state index < -0.39 is 47.8 Å². The number of likely N-dealkylation sites (N-methyl/N-ethyl adjacent to an activating group) is 1. The molecule has 37 heavy (non-hydrogen) atoms.